The van der Waals surface area contributed by atoms with Crippen LogP contribution in [0.5, 0.6) is 0 Å². The van der Waals surface area contributed by atoms with Gasteiger partial charge in [0.05, 0.1) is 13.3 Å². The van der Waals surface area contributed by atoms with Crippen LogP contribution in [0.2, 0.25) is 0 Å². The molecule has 68 valence electrons. The van der Waals surface area contributed by atoms with E-state index in [1.165, 1.54) is 24.1 Å². The van der Waals surface area contributed by atoms with Crippen LogP contribution in [0.1, 0.15) is 10.5 Å². The highest BCUT2D eigenvalue weighted by Crippen LogP contribution is 2.16. The Morgan fingerprint density at radius 2 is 2.46 bits per heavy atom. The van der Waals surface area contributed by atoms with Crippen molar-refractivity contribution in [2.24, 2.45) is 12.0 Å². The van der Waals surface area contributed by atoms with Gasteiger partial charge in [0.2, 0.25) is 6.08 Å². The average Bonchev–Trinajstić information content (AvgIpc) is 2.46. The maximum atomic E-state index is 11.0. The maximum absolute atomic E-state index is 11.0. The molecule has 0 aliphatic carbocycles. The number of rotatable bonds is 2. The first-order chi connectivity index (χ1) is 6.19. The predicted octanol–water partition coefficient (Wildman–Crippen LogP) is 0.174. The Hall–Kier alpha value is -1.94. The fourth-order valence-corrected chi connectivity index (χ4v) is 0.849. The molecule has 0 amide bonds. The number of aromatic nitrogens is 2. The van der Waals surface area contributed by atoms with Crippen LogP contribution in [0.25, 0.3) is 0 Å². The summed E-state index contributed by atoms with van der Waals surface area (Å²) in [6.45, 7) is 0. The Balaban J connectivity index is 3.18. The van der Waals surface area contributed by atoms with E-state index in [9.17, 15) is 9.59 Å². The van der Waals surface area contributed by atoms with Crippen LogP contribution in [0.3, 0.4) is 0 Å². The molecule has 0 atom stereocenters. The van der Waals surface area contributed by atoms with Crippen molar-refractivity contribution in [3.63, 3.8) is 0 Å². The zero-order valence-corrected chi connectivity index (χ0v) is 7.14. The van der Waals surface area contributed by atoms with E-state index in [0.29, 0.717) is 0 Å². The second kappa shape index (κ2) is 3.64. The molecule has 0 fully saturated rings. The van der Waals surface area contributed by atoms with E-state index in [0.717, 1.165) is 0 Å². The zero-order chi connectivity index (χ0) is 9.84. The third kappa shape index (κ3) is 1.80. The molecule has 1 heterocycles. The van der Waals surface area contributed by atoms with Crippen LogP contribution in [0.4, 0.5) is 5.69 Å². The van der Waals surface area contributed by atoms with Gasteiger partial charge in [-0.2, -0.15) is 10.1 Å². The molecule has 1 aromatic heterocycles. The molecule has 0 spiro atoms. The molecular formula is C7H7N3O3. The number of hydrogen-bond acceptors (Lipinski definition) is 5. The van der Waals surface area contributed by atoms with Crippen LogP contribution in [0.15, 0.2) is 11.2 Å². The van der Waals surface area contributed by atoms with Gasteiger partial charge in [-0.25, -0.2) is 9.59 Å². The van der Waals surface area contributed by atoms with Gasteiger partial charge in [-0.05, 0) is 0 Å². The lowest BCUT2D eigenvalue weighted by Crippen LogP contribution is -2.03. The highest BCUT2D eigenvalue weighted by Gasteiger charge is 2.15. The van der Waals surface area contributed by atoms with Crippen LogP contribution in [-0.2, 0) is 16.6 Å². The van der Waals surface area contributed by atoms with E-state index in [1.807, 2.05) is 0 Å². The van der Waals surface area contributed by atoms with Crippen molar-refractivity contribution in [3.05, 3.63) is 11.9 Å². The fraction of sp³-hybridized carbons (Fsp3) is 0.286. The molecule has 0 N–H and O–H groups in total. The highest BCUT2D eigenvalue weighted by atomic mass is 16.5. The Bertz CT molecular complexity index is 376. The largest absolute Gasteiger partial charge is 0.464 e. The Labute approximate surface area is 73.8 Å². The summed E-state index contributed by atoms with van der Waals surface area (Å²) in [5.74, 6) is -0.630. The minimum Gasteiger partial charge on any atom is -0.464 e. The second-order valence-corrected chi connectivity index (χ2v) is 2.23. The minimum absolute atomic E-state index is 0.00773. The summed E-state index contributed by atoms with van der Waals surface area (Å²) in [7, 11) is 2.84. The van der Waals surface area contributed by atoms with Crippen molar-refractivity contribution in [2.75, 3.05) is 7.11 Å². The van der Waals surface area contributed by atoms with Gasteiger partial charge in [-0.15, -0.1) is 0 Å². The zero-order valence-electron chi connectivity index (χ0n) is 7.14. The number of isocyanates is 1. The molecule has 1 rings (SSSR count). The summed E-state index contributed by atoms with van der Waals surface area (Å²) in [6.07, 6.45) is 2.76. The van der Waals surface area contributed by atoms with Crippen molar-refractivity contribution in [1.82, 2.24) is 9.78 Å². The molecule has 0 aliphatic heterocycles. The van der Waals surface area contributed by atoms with Gasteiger partial charge in [0.1, 0.15) is 5.69 Å². The molecule has 13 heavy (non-hydrogen) atoms. The first-order valence-electron chi connectivity index (χ1n) is 3.39. The van der Waals surface area contributed by atoms with Crippen LogP contribution >= 0.6 is 0 Å². The van der Waals surface area contributed by atoms with Gasteiger partial charge >= 0.3 is 5.97 Å². The smallest absolute Gasteiger partial charge is 0.360 e. The van der Waals surface area contributed by atoms with Crippen LogP contribution in [0, 0.1) is 0 Å². The Morgan fingerprint density at radius 3 is 3.00 bits per heavy atom. The molecule has 1 aromatic rings. The van der Waals surface area contributed by atoms with Crippen molar-refractivity contribution < 1.29 is 14.3 Å². The molecule has 0 radical (unpaired) electrons. The van der Waals surface area contributed by atoms with Gasteiger partial charge in [0.25, 0.3) is 0 Å². The predicted molar refractivity (Wildman–Crippen MR) is 42.3 cm³/mol. The van der Waals surface area contributed by atoms with Gasteiger partial charge in [0.15, 0.2) is 5.69 Å². The van der Waals surface area contributed by atoms with Gasteiger partial charge in [-0.3, -0.25) is 4.68 Å². The number of carbonyl (C=O) groups excluding carboxylic acids is 2. The number of hydrogen-bond donors (Lipinski definition) is 0. The number of aryl methyl sites for hydroxylation is 1. The summed E-state index contributed by atoms with van der Waals surface area (Å²) >= 11 is 0. The quantitative estimate of drug-likeness (QED) is 0.370. The number of esters is 1. The monoisotopic (exact) mass is 181 g/mol. The standard InChI is InChI=1S/C7H7N3O3/c1-10-3-5(8-4-11)6(9-10)7(12)13-2/h3H,1-2H3. The first kappa shape index (κ1) is 9.15. The first-order valence-corrected chi connectivity index (χ1v) is 3.39. The molecular weight excluding hydrogens is 174 g/mol. The highest BCUT2D eigenvalue weighted by molar-refractivity contribution is 5.92. The topological polar surface area (TPSA) is 73.5 Å². The van der Waals surface area contributed by atoms with E-state index in [-0.39, 0.29) is 11.4 Å². The van der Waals surface area contributed by atoms with E-state index in [2.05, 4.69) is 14.8 Å². The van der Waals surface area contributed by atoms with Crippen molar-refractivity contribution >= 4 is 17.7 Å². The summed E-state index contributed by atoms with van der Waals surface area (Å²) in [4.78, 5) is 24.3. The summed E-state index contributed by atoms with van der Waals surface area (Å²) in [5.41, 5.74) is 0.165. The Morgan fingerprint density at radius 1 is 1.77 bits per heavy atom. The van der Waals surface area contributed by atoms with E-state index >= 15 is 0 Å². The Kier molecular flexibility index (Phi) is 2.56. The van der Waals surface area contributed by atoms with Gasteiger partial charge < -0.3 is 4.74 Å². The summed E-state index contributed by atoms with van der Waals surface area (Å²) < 4.78 is 5.80. The van der Waals surface area contributed by atoms with Gasteiger partial charge in [0, 0.05) is 7.05 Å². The lowest BCUT2D eigenvalue weighted by molar-refractivity contribution is 0.0594. The van der Waals surface area contributed by atoms with Crippen molar-refractivity contribution in [3.8, 4) is 0 Å². The van der Waals surface area contributed by atoms with E-state index in [1.54, 1.807) is 7.05 Å². The third-order valence-corrected chi connectivity index (χ3v) is 1.35. The summed E-state index contributed by atoms with van der Waals surface area (Å²) in [5, 5.41) is 3.77. The van der Waals surface area contributed by atoms with Crippen LogP contribution in [-0.4, -0.2) is 28.9 Å². The molecule has 0 bridgehead atoms. The van der Waals surface area contributed by atoms with Crippen LogP contribution < -0.4 is 0 Å². The molecule has 0 unspecified atom stereocenters. The minimum atomic E-state index is -0.630. The van der Waals surface area contributed by atoms with Crippen molar-refractivity contribution in [1.29, 1.82) is 0 Å². The molecule has 6 heteroatoms. The lowest BCUT2D eigenvalue weighted by atomic mass is 10.4. The number of carbonyl (C=O) groups is 1. The number of ether oxygens (including phenoxy) is 1. The molecule has 6 nitrogen and oxygen atoms in total. The molecule has 0 aliphatic rings. The SMILES string of the molecule is COC(=O)c1nn(C)cc1N=C=O. The molecule has 0 saturated carbocycles. The second-order valence-electron chi connectivity index (χ2n) is 2.23. The van der Waals surface area contributed by atoms with E-state index < -0.39 is 5.97 Å². The molecule has 0 aromatic carbocycles. The average molecular weight is 181 g/mol. The van der Waals surface area contributed by atoms with Gasteiger partial charge in [-0.1, -0.05) is 0 Å². The third-order valence-electron chi connectivity index (χ3n) is 1.35. The lowest BCUT2D eigenvalue weighted by Gasteiger charge is -1.92. The maximum Gasteiger partial charge on any atom is 0.360 e. The molecule has 0 saturated heterocycles. The van der Waals surface area contributed by atoms with E-state index in [4.69, 9.17) is 0 Å². The normalized spacial score (nSPS) is 9.08. The fourth-order valence-electron chi connectivity index (χ4n) is 0.849. The number of nitrogens with zero attached hydrogens (tertiary/aromatic N) is 3. The number of methoxy groups -OCH3 is 1. The number of aliphatic imine (C=N–C) groups is 1. The summed E-state index contributed by atoms with van der Waals surface area (Å²) in [6, 6.07) is 0. The van der Waals surface area contributed by atoms with Crippen molar-refractivity contribution in [2.45, 2.75) is 0 Å².